The lowest BCUT2D eigenvalue weighted by atomic mass is 10.0. The van der Waals surface area contributed by atoms with Crippen LogP contribution in [0.2, 0.25) is 0 Å². The van der Waals surface area contributed by atoms with Gasteiger partial charge in [-0.15, -0.1) is 0 Å². The number of benzene rings is 2. The van der Waals surface area contributed by atoms with Crippen molar-refractivity contribution in [1.82, 2.24) is 4.72 Å². The Bertz CT molecular complexity index is 1230. The van der Waals surface area contributed by atoms with Crippen LogP contribution in [-0.2, 0) is 30.6 Å². The number of nitrogens with two attached hydrogens (primary N) is 1. The Morgan fingerprint density at radius 3 is 2.39 bits per heavy atom. The van der Waals surface area contributed by atoms with E-state index < -0.39 is 32.0 Å². The number of ether oxygens (including phenoxy) is 2. The van der Waals surface area contributed by atoms with Crippen LogP contribution in [0, 0.1) is 5.92 Å². The molecule has 12 heteroatoms. The summed E-state index contributed by atoms with van der Waals surface area (Å²) in [7, 11) is -7.80. The van der Waals surface area contributed by atoms with Gasteiger partial charge in [0.05, 0.1) is 23.9 Å². The van der Waals surface area contributed by atoms with E-state index in [-0.39, 0.29) is 16.6 Å². The fraction of sp³-hybridized carbons (Fsp3) is 0.381. The first-order valence-electron chi connectivity index (χ1n) is 10.3. The molecule has 1 atom stereocenters. The average molecular weight is 498 g/mol. The first kappa shape index (κ1) is 25.0. The molecule has 0 aromatic heterocycles. The quantitative estimate of drug-likeness (QED) is 0.500. The highest BCUT2D eigenvalue weighted by Crippen LogP contribution is 2.32. The van der Waals surface area contributed by atoms with Crippen LogP contribution in [0.3, 0.4) is 0 Å². The molecular formula is C21H27N3O7S2. The Kier molecular flexibility index (Phi) is 7.62. The summed E-state index contributed by atoms with van der Waals surface area (Å²) < 4.78 is 62.2. The first-order chi connectivity index (χ1) is 15.4. The van der Waals surface area contributed by atoms with Crippen LogP contribution in [-0.4, -0.2) is 42.0 Å². The zero-order valence-corrected chi connectivity index (χ0v) is 19.9. The number of sulfonamides is 2. The monoisotopic (exact) mass is 497 g/mol. The molecule has 2 aromatic rings. The van der Waals surface area contributed by atoms with Crippen LogP contribution >= 0.6 is 0 Å². The zero-order chi connectivity index (χ0) is 24.2. The van der Waals surface area contributed by atoms with Crippen molar-refractivity contribution >= 4 is 31.6 Å². The highest BCUT2D eigenvalue weighted by molar-refractivity contribution is 7.89. The van der Waals surface area contributed by atoms with Gasteiger partial charge in [-0.3, -0.25) is 4.79 Å². The number of primary sulfonamides is 1. The Hall–Kier alpha value is -2.67. The van der Waals surface area contributed by atoms with Gasteiger partial charge in [0.15, 0.2) is 11.5 Å². The van der Waals surface area contributed by atoms with Gasteiger partial charge >= 0.3 is 0 Å². The largest absolute Gasteiger partial charge is 0.490 e. The zero-order valence-electron chi connectivity index (χ0n) is 18.3. The van der Waals surface area contributed by atoms with Crippen LogP contribution in [0.4, 0.5) is 5.69 Å². The van der Waals surface area contributed by atoms with Gasteiger partial charge in [-0.2, -0.15) is 4.72 Å². The molecule has 1 aliphatic rings. The molecule has 0 radical (unpaired) electrons. The van der Waals surface area contributed by atoms with Crippen LogP contribution in [0.5, 0.6) is 11.5 Å². The summed E-state index contributed by atoms with van der Waals surface area (Å²) in [6, 6.07) is 9.37. The summed E-state index contributed by atoms with van der Waals surface area (Å²) in [6.45, 7) is 4.30. The van der Waals surface area contributed by atoms with Crippen molar-refractivity contribution in [3.05, 3.63) is 48.0 Å². The maximum Gasteiger partial charge on any atom is 0.242 e. The van der Waals surface area contributed by atoms with Crippen molar-refractivity contribution < 1.29 is 31.1 Å². The second-order valence-corrected chi connectivity index (χ2v) is 11.3. The van der Waals surface area contributed by atoms with Gasteiger partial charge in [0.2, 0.25) is 26.0 Å². The predicted molar refractivity (Wildman–Crippen MR) is 123 cm³/mol. The molecule has 1 unspecified atom stereocenters. The molecule has 0 bridgehead atoms. The van der Waals surface area contributed by atoms with Crippen molar-refractivity contribution in [2.24, 2.45) is 11.1 Å². The van der Waals surface area contributed by atoms with Gasteiger partial charge < -0.3 is 14.8 Å². The maximum absolute atomic E-state index is 13.0. The Balaban J connectivity index is 1.78. The topological polar surface area (TPSA) is 154 Å². The molecule has 0 fully saturated rings. The van der Waals surface area contributed by atoms with Crippen molar-refractivity contribution in [1.29, 1.82) is 0 Å². The van der Waals surface area contributed by atoms with Crippen molar-refractivity contribution in [3.8, 4) is 11.5 Å². The average Bonchev–Trinajstić information content (AvgIpc) is 2.95. The molecule has 33 heavy (non-hydrogen) atoms. The number of amides is 1. The molecular weight excluding hydrogens is 470 g/mol. The number of anilines is 1. The lowest BCUT2D eigenvalue weighted by Crippen LogP contribution is -2.47. The van der Waals surface area contributed by atoms with Crippen LogP contribution in [0.15, 0.2) is 47.4 Å². The normalized spacial score (nSPS) is 15.0. The van der Waals surface area contributed by atoms with E-state index in [4.69, 9.17) is 14.6 Å². The summed E-state index contributed by atoms with van der Waals surface area (Å²) in [5, 5.41) is 7.71. The molecule has 180 valence electrons. The number of carbonyl (C=O) groups excluding carboxylic acids is 1. The Morgan fingerprint density at radius 2 is 1.73 bits per heavy atom. The molecule has 3 rings (SSSR count). The maximum atomic E-state index is 13.0. The summed E-state index contributed by atoms with van der Waals surface area (Å²) in [6.07, 6.45) is 0.684. The van der Waals surface area contributed by atoms with Crippen molar-refractivity contribution in [2.75, 3.05) is 18.5 Å². The van der Waals surface area contributed by atoms with E-state index in [1.165, 1.54) is 24.3 Å². The summed E-state index contributed by atoms with van der Waals surface area (Å²) in [5.74, 6) is -0.568. The molecule has 1 heterocycles. The Labute approximate surface area is 193 Å². The van der Waals surface area contributed by atoms with E-state index in [0.717, 1.165) is 0 Å². The van der Waals surface area contributed by atoms with Crippen molar-refractivity contribution in [2.45, 2.75) is 37.0 Å². The molecule has 0 saturated carbocycles. The minimum absolute atomic E-state index is 0.0552. The molecule has 0 spiro atoms. The Morgan fingerprint density at radius 1 is 1.03 bits per heavy atom. The van der Waals surface area contributed by atoms with E-state index in [1.807, 2.05) is 0 Å². The number of fused-ring (bicyclic) bond motifs is 1. The van der Waals surface area contributed by atoms with Crippen LogP contribution < -0.4 is 24.7 Å². The fourth-order valence-electron chi connectivity index (χ4n) is 3.23. The van der Waals surface area contributed by atoms with Crippen LogP contribution in [0.25, 0.3) is 0 Å². The minimum Gasteiger partial charge on any atom is -0.490 e. The van der Waals surface area contributed by atoms with Gasteiger partial charge in [-0.05, 0) is 35.7 Å². The third-order valence-corrected chi connectivity index (χ3v) is 7.00. The van der Waals surface area contributed by atoms with Crippen molar-refractivity contribution in [3.63, 3.8) is 0 Å². The standard InChI is InChI=1S/C21H27N3O7S2/c1-14(2)20(21(25)23-16-6-3-5-15(11-16)13-32(22,26)27)24-33(28,29)17-7-8-18-19(12-17)31-10-4-9-30-18/h3,5-8,11-12,14,20,24H,4,9-10,13H2,1-2H3,(H,23,25)(H2,22,26,27). The van der Waals surface area contributed by atoms with Gasteiger partial charge in [0.1, 0.15) is 6.04 Å². The first-order valence-corrected chi connectivity index (χ1v) is 13.5. The molecule has 1 aliphatic heterocycles. The number of hydrogen-bond acceptors (Lipinski definition) is 7. The van der Waals surface area contributed by atoms with E-state index >= 15 is 0 Å². The molecule has 0 aliphatic carbocycles. The number of hydrogen-bond donors (Lipinski definition) is 3. The van der Waals surface area contributed by atoms with E-state index in [2.05, 4.69) is 10.0 Å². The fourth-order valence-corrected chi connectivity index (χ4v) is 5.23. The SMILES string of the molecule is CC(C)C(NS(=O)(=O)c1ccc2c(c1)OCCCO2)C(=O)Nc1cccc(CS(N)(=O)=O)c1. The van der Waals surface area contributed by atoms with E-state index in [1.54, 1.807) is 32.0 Å². The molecule has 4 N–H and O–H groups in total. The van der Waals surface area contributed by atoms with Gasteiger partial charge in [0, 0.05) is 18.2 Å². The minimum atomic E-state index is -4.06. The predicted octanol–water partition coefficient (Wildman–Crippen LogP) is 1.58. The second kappa shape index (κ2) is 10.1. The molecule has 0 saturated heterocycles. The summed E-state index contributed by atoms with van der Waals surface area (Å²) in [5.41, 5.74) is 0.714. The number of nitrogens with one attached hydrogen (secondary N) is 2. The highest BCUT2D eigenvalue weighted by Gasteiger charge is 2.29. The van der Waals surface area contributed by atoms with Crippen LogP contribution in [0.1, 0.15) is 25.8 Å². The van der Waals surface area contributed by atoms with Gasteiger partial charge in [-0.25, -0.2) is 22.0 Å². The number of rotatable bonds is 8. The lowest BCUT2D eigenvalue weighted by molar-refractivity contribution is -0.118. The smallest absolute Gasteiger partial charge is 0.242 e. The highest BCUT2D eigenvalue weighted by atomic mass is 32.2. The van der Waals surface area contributed by atoms with Gasteiger partial charge in [-0.1, -0.05) is 26.0 Å². The number of carbonyl (C=O) groups is 1. The lowest BCUT2D eigenvalue weighted by Gasteiger charge is -2.22. The molecule has 2 aromatic carbocycles. The van der Waals surface area contributed by atoms with E-state index in [9.17, 15) is 21.6 Å². The van der Waals surface area contributed by atoms with Gasteiger partial charge in [0.25, 0.3) is 0 Å². The summed E-state index contributed by atoms with van der Waals surface area (Å²) >= 11 is 0. The summed E-state index contributed by atoms with van der Waals surface area (Å²) in [4.78, 5) is 12.9. The molecule has 10 nitrogen and oxygen atoms in total. The molecule has 1 amide bonds. The van der Waals surface area contributed by atoms with E-state index in [0.29, 0.717) is 42.4 Å². The second-order valence-electron chi connectivity index (χ2n) is 8.00. The third-order valence-electron chi connectivity index (χ3n) is 4.82. The third kappa shape index (κ3) is 6.90.